The first-order chi connectivity index (χ1) is 13.8. The van der Waals surface area contributed by atoms with Crippen molar-refractivity contribution in [3.63, 3.8) is 0 Å². The fraction of sp³-hybridized carbons (Fsp3) is 0.0385. The molecule has 0 N–H and O–H groups in total. The first-order valence-corrected chi connectivity index (χ1v) is 9.41. The summed E-state index contributed by atoms with van der Waals surface area (Å²) in [5.74, 6) is 0. The second-order valence-corrected chi connectivity index (χ2v) is 7.01. The number of nitrogens with zero attached hydrogens (tertiary/aromatic N) is 1. The molecular formula is C26H19NO. The van der Waals surface area contributed by atoms with Gasteiger partial charge in [-0.05, 0) is 22.9 Å². The van der Waals surface area contributed by atoms with Crippen LogP contribution in [0.15, 0.2) is 102 Å². The van der Waals surface area contributed by atoms with Crippen molar-refractivity contribution in [2.75, 3.05) is 0 Å². The standard InChI is InChI=1S/C26H19NO/c1-27-24-16-8-6-12-20(24)18-10-2-4-14-22(18)26(28)23-15-5-3-11-19(23)21-13-7-9-17-25(21)27/h2-17H,1H3. The average molecular weight is 361 g/mol. The van der Waals surface area contributed by atoms with Gasteiger partial charge in [-0.1, -0.05) is 84.9 Å². The van der Waals surface area contributed by atoms with Crippen LogP contribution in [0.2, 0.25) is 0 Å². The molecule has 0 spiro atoms. The van der Waals surface area contributed by atoms with E-state index in [1.807, 2.05) is 72.8 Å². The monoisotopic (exact) mass is 361 g/mol. The maximum absolute atomic E-state index is 13.6. The number of rotatable bonds is 0. The van der Waals surface area contributed by atoms with Crippen LogP contribution in [-0.2, 0) is 7.05 Å². The zero-order chi connectivity index (χ0) is 19.1. The van der Waals surface area contributed by atoms with Crippen LogP contribution in [0.5, 0.6) is 0 Å². The van der Waals surface area contributed by atoms with E-state index in [0.29, 0.717) is 0 Å². The fourth-order valence-corrected chi connectivity index (χ4v) is 4.09. The van der Waals surface area contributed by atoms with Crippen molar-refractivity contribution in [3.05, 3.63) is 107 Å². The van der Waals surface area contributed by atoms with E-state index in [9.17, 15) is 4.79 Å². The molecule has 5 rings (SSSR count). The molecule has 0 amide bonds. The molecule has 1 heterocycles. The minimum atomic E-state index is 0.0559. The summed E-state index contributed by atoms with van der Waals surface area (Å²) in [4.78, 5) is 13.6. The minimum absolute atomic E-state index is 0.0559. The van der Waals surface area contributed by atoms with Gasteiger partial charge in [0.15, 0.2) is 5.43 Å². The number of hydrogen-bond acceptors (Lipinski definition) is 1. The summed E-state index contributed by atoms with van der Waals surface area (Å²) in [5.41, 5.74) is 2.21. The van der Waals surface area contributed by atoms with Crippen LogP contribution < -0.4 is 5.43 Å². The first-order valence-electron chi connectivity index (χ1n) is 9.41. The number of fused-ring (bicyclic) bond motifs is 6. The van der Waals surface area contributed by atoms with E-state index in [-0.39, 0.29) is 5.43 Å². The number of para-hydroxylation sites is 2. The highest BCUT2D eigenvalue weighted by Gasteiger charge is 2.07. The fourth-order valence-electron chi connectivity index (χ4n) is 4.09. The number of aromatic nitrogens is 1. The molecule has 0 radical (unpaired) electrons. The first kappa shape index (κ1) is 16.5. The topological polar surface area (TPSA) is 22.0 Å². The molecule has 0 saturated carbocycles. The lowest BCUT2D eigenvalue weighted by atomic mass is 10.0. The molecule has 0 saturated heterocycles. The van der Waals surface area contributed by atoms with Gasteiger partial charge in [0.1, 0.15) is 0 Å². The van der Waals surface area contributed by atoms with E-state index >= 15 is 0 Å². The lowest BCUT2D eigenvalue weighted by molar-refractivity contribution is 1.01. The largest absolute Gasteiger partial charge is 0.344 e. The van der Waals surface area contributed by atoms with Gasteiger partial charge in [-0.25, -0.2) is 0 Å². The van der Waals surface area contributed by atoms with Gasteiger partial charge in [0, 0.05) is 39.6 Å². The second-order valence-electron chi connectivity index (χ2n) is 7.01. The van der Waals surface area contributed by atoms with Crippen LogP contribution in [0.3, 0.4) is 0 Å². The van der Waals surface area contributed by atoms with Gasteiger partial charge in [-0.15, -0.1) is 0 Å². The Labute approximate surface area is 162 Å². The van der Waals surface area contributed by atoms with E-state index in [0.717, 1.165) is 43.4 Å². The molecule has 0 atom stereocenters. The van der Waals surface area contributed by atoms with Gasteiger partial charge >= 0.3 is 0 Å². The van der Waals surface area contributed by atoms with Crippen LogP contribution in [0.4, 0.5) is 0 Å². The Morgan fingerprint density at radius 1 is 0.464 bits per heavy atom. The zero-order valence-electron chi connectivity index (χ0n) is 15.6. The van der Waals surface area contributed by atoms with Crippen molar-refractivity contribution < 1.29 is 0 Å². The van der Waals surface area contributed by atoms with Crippen LogP contribution in [0.1, 0.15) is 0 Å². The summed E-state index contributed by atoms with van der Waals surface area (Å²) in [5, 5.41) is 5.50. The summed E-state index contributed by atoms with van der Waals surface area (Å²) < 4.78 is 2.22. The van der Waals surface area contributed by atoms with Gasteiger partial charge < -0.3 is 4.57 Å². The molecule has 2 heteroatoms. The molecule has 28 heavy (non-hydrogen) atoms. The lowest BCUT2D eigenvalue weighted by Gasteiger charge is -2.10. The molecule has 0 unspecified atom stereocenters. The van der Waals surface area contributed by atoms with Crippen LogP contribution >= 0.6 is 0 Å². The quantitative estimate of drug-likeness (QED) is 0.325. The van der Waals surface area contributed by atoms with E-state index in [4.69, 9.17) is 0 Å². The third kappa shape index (κ3) is 2.46. The van der Waals surface area contributed by atoms with Crippen LogP contribution in [-0.4, -0.2) is 4.57 Å². The number of benzene rings is 4. The predicted molar refractivity (Wildman–Crippen MR) is 119 cm³/mol. The SMILES string of the molecule is Cn1c2ccccc2c2ccccc2c(=O)c2ccccc2c2ccccc21. The van der Waals surface area contributed by atoms with Crippen molar-refractivity contribution >= 4 is 43.4 Å². The maximum atomic E-state index is 13.6. The molecule has 0 bridgehead atoms. The average Bonchev–Trinajstić information content (AvgIpc) is 2.78. The molecule has 0 aliphatic heterocycles. The van der Waals surface area contributed by atoms with Gasteiger partial charge in [0.2, 0.25) is 0 Å². The van der Waals surface area contributed by atoms with Crippen molar-refractivity contribution in [3.8, 4) is 0 Å². The van der Waals surface area contributed by atoms with Gasteiger partial charge in [0.05, 0.1) is 0 Å². The van der Waals surface area contributed by atoms with Crippen molar-refractivity contribution in [1.29, 1.82) is 0 Å². The molecule has 0 fully saturated rings. The third-order valence-electron chi connectivity index (χ3n) is 5.45. The summed E-state index contributed by atoms with van der Waals surface area (Å²) in [6.07, 6.45) is 0. The maximum Gasteiger partial charge on any atom is 0.194 e. The summed E-state index contributed by atoms with van der Waals surface area (Å²) in [7, 11) is 2.09. The summed E-state index contributed by atoms with van der Waals surface area (Å²) in [6, 6.07) is 32.3. The molecular weight excluding hydrogens is 342 g/mol. The highest BCUT2D eigenvalue weighted by molar-refractivity contribution is 6.10. The molecule has 134 valence electrons. The summed E-state index contributed by atoms with van der Waals surface area (Å²) in [6.45, 7) is 0. The normalized spacial score (nSPS) is 11.2. The van der Waals surface area contributed by atoms with E-state index in [1.54, 1.807) is 0 Å². The van der Waals surface area contributed by atoms with E-state index in [2.05, 4.69) is 35.9 Å². The van der Waals surface area contributed by atoms with Gasteiger partial charge in [-0.2, -0.15) is 0 Å². The van der Waals surface area contributed by atoms with Gasteiger partial charge in [0.25, 0.3) is 0 Å². The summed E-state index contributed by atoms with van der Waals surface area (Å²) >= 11 is 0. The Morgan fingerprint density at radius 3 is 1.21 bits per heavy atom. The van der Waals surface area contributed by atoms with E-state index in [1.165, 1.54) is 0 Å². The molecule has 0 aliphatic rings. The lowest BCUT2D eigenvalue weighted by Crippen LogP contribution is -2.01. The molecule has 1 aromatic heterocycles. The Bertz CT molecular complexity index is 1380. The third-order valence-corrected chi connectivity index (χ3v) is 5.45. The molecule has 0 aliphatic carbocycles. The highest BCUT2D eigenvalue weighted by atomic mass is 16.1. The van der Waals surface area contributed by atoms with Crippen LogP contribution in [0, 0.1) is 0 Å². The Balaban J connectivity index is 2.30. The van der Waals surface area contributed by atoms with E-state index < -0.39 is 0 Å². The number of aryl methyl sites for hydroxylation is 1. The van der Waals surface area contributed by atoms with Crippen molar-refractivity contribution in [1.82, 2.24) is 4.57 Å². The van der Waals surface area contributed by atoms with Crippen molar-refractivity contribution in [2.45, 2.75) is 0 Å². The Kier molecular flexibility index (Phi) is 3.84. The number of hydrogen-bond donors (Lipinski definition) is 0. The minimum Gasteiger partial charge on any atom is -0.344 e. The second kappa shape index (κ2) is 6.50. The Morgan fingerprint density at radius 2 is 0.786 bits per heavy atom. The predicted octanol–water partition coefficient (Wildman–Crippen LogP) is 6.12. The molecule has 5 aromatic rings. The van der Waals surface area contributed by atoms with Crippen molar-refractivity contribution in [2.24, 2.45) is 7.05 Å². The molecule has 4 aromatic carbocycles. The highest BCUT2D eigenvalue weighted by Crippen LogP contribution is 2.26. The molecule has 2 nitrogen and oxygen atoms in total. The van der Waals surface area contributed by atoms with Gasteiger partial charge in [-0.3, -0.25) is 4.79 Å². The Hall–Kier alpha value is -3.65. The zero-order valence-corrected chi connectivity index (χ0v) is 15.6. The van der Waals surface area contributed by atoms with Crippen LogP contribution in [0.25, 0.3) is 43.4 Å². The smallest absolute Gasteiger partial charge is 0.194 e.